The Kier molecular flexibility index (Phi) is 9.55. The molecule has 1 heterocycles. The smallest absolute Gasteiger partial charge is 0.356 e. The summed E-state index contributed by atoms with van der Waals surface area (Å²) in [7, 11) is 1.58. The van der Waals surface area contributed by atoms with Crippen molar-refractivity contribution in [3.63, 3.8) is 0 Å². The molecule has 8 heteroatoms. The summed E-state index contributed by atoms with van der Waals surface area (Å²) in [5, 5.41) is 5.98. The number of aliphatic imine (C=N–C) groups is 1. The van der Waals surface area contributed by atoms with E-state index in [1.807, 2.05) is 18.2 Å². The van der Waals surface area contributed by atoms with Crippen LogP contribution >= 0.6 is 24.0 Å². The standard InChI is InChI=1S/C17H25F3N4.HI/c1-21-16(22-10-9-17(18,19)20)23-15-8-5-11-24(13-15)12-14-6-3-2-4-7-14;/h2-4,6-7,15H,5,8-13H2,1H3,(H2,21,22,23);1H. The lowest BCUT2D eigenvalue weighted by atomic mass is 10.0. The number of halogens is 4. The third kappa shape index (κ3) is 8.75. The highest BCUT2D eigenvalue weighted by atomic mass is 127. The molecule has 0 spiro atoms. The molecule has 1 atom stereocenters. The molecule has 1 unspecified atom stereocenters. The summed E-state index contributed by atoms with van der Waals surface area (Å²) in [6.07, 6.45) is -2.96. The number of nitrogens with one attached hydrogen (secondary N) is 2. The van der Waals surface area contributed by atoms with E-state index in [1.165, 1.54) is 5.56 Å². The minimum Gasteiger partial charge on any atom is -0.356 e. The largest absolute Gasteiger partial charge is 0.390 e. The normalized spacial score (nSPS) is 19.2. The number of piperidine rings is 1. The fourth-order valence-electron chi connectivity index (χ4n) is 2.87. The molecular formula is C17H26F3IN4. The van der Waals surface area contributed by atoms with Crippen LogP contribution in [0.15, 0.2) is 35.3 Å². The Hall–Kier alpha value is -1.03. The maximum Gasteiger partial charge on any atom is 0.390 e. The number of guanidine groups is 1. The van der Waals surface area contributed by atoms with Crippen LogP contribution in [0.2, 0.25) is 0 Å². The van der Waals surface area contributed by atoms with Crippen LogP contribution in [-0.2, 0) is 6.54 Å². The molecule has 1 aliphatic rings. The van der Waals surface area contributed by atoms with Gasteiger partial charge >= 0.3 is 6.18 Å². The lowest BCUT2D eigenvalue weighted by molar-refractivity contribution is -0.132. The molecule has 2 N–H and O–H groups in total. The SMILES string of the molecule is CN=C(NCCC(F)(F)F)NC1CCCN(Cc2ccccc2)C1.I. The van der Waals surface area contributed by atoms with Crippen LogP contribution in [-0.4, -0.2) is 49.8 Å². The third-order valence-corrected chi connectivity index (χ3v) is 4.02. The van der Waals surface area contributed by atoms with Gasteiger partial charge in [-0.2, -0.15) is 13.2 Å². The molecule has 4 nitrogen and oxygen atoms in total. The highest BCUT2D eigenvalue weighted by Gasteiger charge is 2.26. The molecule has 1 aliphatic heterocycles. The lowest BCUT2D eigenvalue weighted by Gasteiger charge is -2.34. The second-order valence-corrected chi connectivity index (χ2v) is 6.07. The number of nitrogens with zero attached hydrogens (tertiary/aromatic N) is 2. The summed E-state index contributed by atoms with van der Waals surface area (Å²) in [5.74, 6) is 0.436. The van der Waals surface area contributed by atoms with E-state index in [2.05, 4.69) is 32.7 Å². The summed E-state index contributed by atoms with van der Waals surface area (Å²) in [5.41, 5.74) is 1.27. The molecule has 25 heavy (non-hydrogen) atoms. The predicted octanol–water partition coefficient (Wildman–Crippen LogP) is 3.39. The number of rotatable bonds is 5. The summed E-state index contributed by atoms with van der Waals surface area (Å²) >= 11 is 0. The molecule has 142 valence electrons. The first kappa shape index (κ1) is 22.0. The van der Waals surface area contributed by atoms with Gasteiger partial charge in [-0.05, 0) is 24.9 Å². The molecule has 0 amide bonds. The Balaban J connectivity index is 0.00000312. The summed E-state index contributed by atoms with van der Waals surface area (Å²) < 4.78 is 36.7. The van der Waals surface area contributed by atoms with E-state index in [1.54, 1.807) is 7.05 Å². The fraction of sp³-hybridized carbons (Fsp3) is 0.588. The Morgan fingerprint density at radius 1 is 1.28 bits per heavy atom. The minimum absolute atomic E-state index is 0. The summed E-state index contributed by atoms with van der Waals surface area (Å²) in [6.45, 7) is 2.62. The highest BCUT2D eigenvalue weighted by Crippen LogP contribution is 2.18. The van der Waals surface area contributed by atoms with Crippen LogP contribution < -0.4 is 10.6 Å². The van der Waals surface area contributed by atoms with Gasteiger partial charge in [-0.3, -0.25) is 9.89 Å². The zero-order valence-corrected chi connectivity index (χ0v) is 16.7. The van der Waals surface area contributed by atoms with Gasteiger partial charge < -0.3 is 10.6 Å². The van der Waals surface area contributed by atoms with Crippen molar-refractivity contribution in [1.29, 1.82) is 0 Å². The molecule has 0 saturated carbocycles. The van der Waals surface area contributed by atoms with Crippen molar-refractivity contribution < 1.29 is 13.2 Å². The number of benzene rings is 1. The van der Waals surface area contributed by atoms with Gasteiger partial charge in [-0.25, -0.2) is 0 Å². The fourth-order valence-corrected chi connectivity index (χ4v) is 2.87. The molecule has 0 aliphatic carbocycles. The van der Waals surface area contributed by atoms with E-state index >= 15 is 0 Å². The molecule has 1 saturated heterocycles. The van der Waals surface area contributed by atoms with Crippen molar-refractivity contribution in [3.8, 4) is 0 Å². The molecular weight excluding hydrogens is 444 g/mol. The van der Waals surface area contributed by atoms with Crippen LogP contribution in [0, 0.1) is 0 Å². The average Bonchev–Trinajstić information content (AvgIpc) is 2.54. The first-order chi connectivity index (χ1) is 11.5. The Morgan fingerprint density at radius 2 is 2.00 bits per heavy atom. The molecule has 1 fully saturated rings. The lowest BCUT2D eigenvalue weighted by Crippen LogP contribution is -2.51. The molecule has 1 aromatic carbocycles. The number of alkyl halides is 3. The molecule has 1 aromatic rings. The highest BCUT2D eigenvalue weighted by molar-refractivity contribution is 14.0. The zero-order valence-electron chi connectivity index (χ0n) is 14.4. The quantitative estimate of drug-likeness (QED) is 0.394. The van der Waals surface area contributed by atoms with Crippen molar-refractivity contribution in [2.45, 2.75) is 38.0 Å². The van der Waals surface area contributed by atoms with Crippen LogP contribution in [0.4, 0.5) is 13.2 Å². The van der Waals surface area contributed by atoms with E-state index in [0.717, 1.165) is 32.5 Å². The van der Waals surface area contributed by atoms with E-state index in [9.17, 15) is 13.2 Å². The maximum atomic E-state index is 12.2. The maximum absolute atomic E-state index is 12.2. The second-order valence-electron chi connectivity index (χ2n) is 6.07. The predicted molar refractivity (Wildman–Crippen MR) is 105 cm³/mol. The van der Waals surface area contributed by atoms with Crippen LogP contribution in [0.1, 0.15) is 24.8 Å². The Morgan fingerprint density at radius 3 is 2.64 bits per heavy atom. The molecule has 2 rings (SSSR count). The van der Waals surface area contributed by atoms with Crippen molar-refractivity contribution in [2.24, 2.45) is 4.99 Å². The second kappa shape index (κ2) is 10.8. The van der Waals surface area contributed by atoms with Crippen LogP contribution in [0.3, 0.4) is 0 Å². The van der Waals surface area contributed by atoms with E-state index < -0.39 is 12.6 Å². The molecule has 0 aromatic heterocycles. The Labute approximate surface area is 164 Å². The van der Waals surface area contributed by atoms with Crippen LogP contribution in [0.25, 0.3) is 0 Å². The number of hydrogen-bond donors (Lipinski definition) is 2. The van der Waals surface area contributed by atoms with Crippen molar-refractivity contribution in [2.75, 3.05) is 26.7 Å². The third-order valence-electron chi connectivity index (χ3n) is 4.02. The number of hydrogen-bond acceptors (Lipinski definition) is 2. The summed E-state index contributed by atoms with van der Waals surface area (Å²) in [4.78, 5) is 6.38. The van der Waals surface area contributed by atoms with Gasteiger partial charge in [-0.1, -0.05) is 30.3 Å². The van der Waals surface area contributed by atoms with Crippen molar-refractivity contribution >= 4 is 29.9 Å². The van der Waals surface area contributed by atoms with E-state index in [0.29, 0.717) is 5.96 Å². The van der Waals surface area contributed by atoms with Crippen molar-refractivity contribution in [3.05, 3.63) is 35.9 Å². The zero-order chi connectivity index (χ0) is 17.4. The Bertz CT molecular complexity index is 522. The van der Waals surface area contributed by atoms with Gasteiger partial charge in [0.25, 0.3) is 0 Å². The van der Waals surface area contributed by atoms with Gasteiger partial charge in [0, 0.05) is 32.7 Å². The van der Waals surface area contributed by atoms with E-state index in [4.69, 9.17) is 0 Å². The van der Waals surface area contributed by atoms with Crippen molar-refractivity contribution in [1.82, 2.24) is 15.5 Å². The van der Waals surface area contributed by atoms with E-state index in [-0.39, 0.29) is 36.6 Å². The average molecular weight is 470 g/mol. The number of likely N-dealkylation sites (tertiary alicyclic amines) is 1. The molecule has 0 radical (unpaired) electrons. The van der Waals surface area contributed by atoms with Gasteiger partial charge in [0.05, 0.1) is 6.42 Å². The monoisotopic (exact) mass is 470 g/mol. The van der Waals surface area contributed by atoms with Gasteiger partial charge in [0.1, 0.15) is 0 Å². The topological polar surface area (TPSA) is 39.7 Å². The van der Waals surface area contributed by atoms with Crippen LogP contribution in [0.5, 0.6) is 0 Å². The first-order valence-electron chi connectivity index (χ1n) is 8.26. The van der Waals surface area contributed by atoms with Gasteiger partial charge in [-0.15, -0.1) is 24.0 Å². The van der Waals surface area contributed by atoms with Gasteiger partial charge in [0.2, 0.25) is 0 Å². The minimum atomic E-state index is -4.15. The molecule has 0 bridgehead atoms. The first-order valence-corrected chi connectivity index (χ1v) is 8.26. The summed E-state index contributed by atoms with van der Waals surface area (Å²) in [6, 6.07) is 10.5. The van der Waals surface area contributed by atoms with Gasteiger partial charge in [0.15, 0.2) is 5.96 Å².